The van der Waals surface area contributed by atoms with E-state index in [1.54, 1.807) is 24.4 Å². The van der Waals surface area contributed by atoms with E-state index in [1.165, 1.54) is 17.7 Å². The van der Waals surface area contributed by atoms with Gasteiger partial charge in [-0.05, 0) is 53.6 Å². The lowest BCUT2D eigenvalue weighted by atomic mass is 10.1. The van der Waals surface area contributed by atoms with Crippen LogP contribution in [0.4, 0.5) is 15.9 Å². The number of hydrogen-bond acceptors (Lipinski definition) is 4. The maximum atomic E-state index is 13.0. The Morgan fingerprint density at radius 3 is 2.74 bits per heavy atom. The van der Waals surface area contributed by atoms with Gasteiger partial charge < -0.3 is 5.32 Å². The summed E-state index contributed by atoms with van der Waals surface area (Å²) in [7, 11) is 0. The minimum atomic E-state index is -0.275. The van der Waals surface area contributed by atoms with E-state index >= 15 is 0 Å². The van der Waals surface area contributed by atoms with Crippen molar-refractivity contribution < 1.29 is 4.39 Å². The van der Waals surface area contributed by atoms with Crippen molar-refractivity contribution in [1.82, 2.24) is 9.97 Å². The highest BCUT2D eigenvalue weighted by Crippen LogP contribution is 2.23. The molecule has 4 nitrogen and oxygen atoms in total. The summed E-state index contributed by atoms with van der Waals surface area (Å²) in [5, 5.41) is 3.27. The monoisotopic (exact) mass is 304 g/mol. The Kier molecular flexibility index (Phi) is 3.31. The molecular formula is C18H13FN4. The standard InChI is InChI=1S/C18H13FN4/c19-15-4-1-12(2-5-15)18-21-8-7-17(23-18)22-16-6-3-13-10-20-11-14(13)9-16/h1-9,11H,10H2,(H,21,22,23). The predicted molar refractivity (Wildman–Crippen MR) is 88.4 cm³/mol. The quantitative estimate of drug-likeness (QED) is 0.797. The van der Waals surface area contributed by atoms with Crippen LogP contribution >= 0.6 is 0 Å². The van der Waals surface area contributed by atoms with E-state index in [0.29, 0.717) is 11.6 Å². The van der Waals surface area contributed by atoms with Gasteiger partial charge in [0.05, 0.1) is 6.54 Å². The number of aliphatic imine (C=N–C) groups is 1. The molecule has 0 saturated heterocycles. The first-order valence-corrected chi connectivity index (χ1v) is 7.27. The van der Waals surface area contributed by atoms with Crippen molar-refractivity contribution in [2.45, 2.75) is 6.54 Å². The second kappa shape index (κ2) is 5.61. The second-order valence-electron chi connectivity index (χ2n) is 5.28. The molecule has 1 aromatic heterocycles. The molecule has 0 spiro atoms. The molecule has 0 aliphatic carbocycles. The zero-order valence-corrected chi connectivity index (χ0v) is 12.2. The van der Waals surface area contributed by atoms with Crippen LogP contribution in [0.2, 0.25) is 0 Å². The maximum Gasteiger partial charge on any atom is 0.161 e. The molecule has 112 valence electrons. The van der Waals surface area contributed by atoms with Crippen molar-refractivity contribution in [3.8, 4) is 11.4 Å². The van der Waals surface area contributed by atoms with Crippen LogP contribution < -0.4 is 5.32 Å². The van der Waals surface area contributed by atoms with Gasteiger partial charge >= 0.3 is 0 Å². The lowest BCUT2D eigenvalue weighted by molar-refractivity contribution is 0.628. The Morgan fingerprint density at radius 1 is 1.00 bits per heavy atom. The molecule has 2 aromatic carbocycles. The van der Waals surface area contributed by atoms with Gasteiger partial charge in [0.15, 0.2) is 5.82 Å². The van der Waals surface area contributed by atoms with E-state index in [4.69, 9.17) is 0 Å². The van der Waals surface area contributed by atoms with Gasteiger partial charge in [-0.1, -0.05) is 6.07 Å². The molecule has 0 bridgehead atoms. The van der Waals surface area contributed by atoms with E-state index in [0.717, 1.165) is 23.4 Å². The van der Waals surface area contributed by atoms with E-state index in [-0.39, 0.29) is 5.82 Å². The minimum absolute atomic E-state index is 0.275. The van der Waals surface area contributed by atoms with Gasteiger partial charge in [-0.3, -0.25) is 4.99 Å². The summed E-state index contributed by atoms with van der Waals surface area (Å²) in [5.74, 6) is 0.967. The van der Waals surface area contributed by atoms with Crippen LogP contribution in [0.5, 0.6) is 0 Å². The first-order valence-electron chi connectivity index (χ1n) is 7.27. The van der Waals surface area contributed by atoms with Crippen LogP contribution in [-0.4, -0.2) is 16.2 Å². The fraction of sp³-hybridized carbons (Fsp3) is 0.0556. The zero-order valence-electron chi connectivity index (χ0n) is 12.2. The molecule has 0 saturated carbocycles. The van der Waals surface area contributed by atoms with Crippen LogP contribution in [0, 0.1) is 5.82 Å². The molecule has 0 fully saturated rings. The van der Waals surface area contributed by atoms with E-state index in [1.807, 2.05) is 18.3 Å². The smallest absolute Gasteiger partial charge is 0.161 e. The number of nitrogens with one attached hydrogen (secondary N) is 1. The summed E-state index contributed by atoms with van der Waals surface area (Å²) in [6, 6.07) is 14.1. The number of rotatable bonds is 3. The molecule has 1 N–H and O–H groups in total. The predicted octanol–water partition coefficient (Wildman–Crippen LogP) is 3.96. The molecule has 4 rings (SSSR count). The highest BCUT2D eigenvalue weighted by atomic mass is 19.1. The number of anilines is 2. The van der Waals surface area contributed by atoms with Gasteiger partial charge in [-0.2, -0.15) is 0 Å². The minimum Gasteiger partial charge on any atom is -0.340 e. The Labute approximate surface area is 132 Å². The molecule has 3 aromatic rings. The lowest BCUT2D eigenvalue weighted by Gasteiger charge is -2.08. The maximum absolute atomic E-state index is 13.0. The third-order valence-corrected chi connectivity index (χ3v) is 3.67. The van der Waals surface area contributed by atoms with Gasteiger partial charge in [0.25, 0.3) is 0 Å². The van der Waals surface area contributed by atoms with Crippen molar-refractivity contribution in [2.75, 3.05) is 5.32 Å². The number of aromatic nitrogens is 2. The fourth-order valence-corrected chi connectivity index (χ4v) is 2.49. The van der Waals surface area contributed by atoms with E-state index in [9.17, 15) is 4.39 Å². The number of fused-ring (bicyclic) bond motifs is 1. The Hall–Kier alpha value is -3.08. The van der Waals surface area contributed by atoms with Gasteiger partial charge in [0.2, 0.25) is 0 Å². The summed E-state index contributed by atoms with van der Waals surface area (Å²) < 4.78 is 13.0. The van der Waals surface area contributed by atoms with Crippen molar-refractivity contribution in [3.05, 3.63) is 71.7 Å². The largest absolute Gasteiger partial charge is 0.340 e. The van der Waals surface area contributed by atoms with Crippen LogP contribution in [-0.2, 0) is 6.54 Å². The van der Waals surface area contributed by atoms with E-state index < -0.39 is 0 Å². The lowest BCUT2D eigenvalue weighted by Crippen LogP contribution is -1.98. The van der Waals surface area contributed by atoms with Crippen LogP contribution in [0.25, 0.3) is 11.4 Å². The number of halogens is 1. The molecule has 0 amide bonds. The number of hydrogen-bond donors (Lipinski definition) is 1. The van der Waals surface area contributed by atoms with Crippen molar-refractivity contribution in [2.24, 2.45) is 4.99 Å². The van der Waals surface area contributed by atoms with Crippen molar-refractivity contribution in [3.63, 3.8) is 0 Å². The number of nitrogens with zero attached hydrogens (tertiary/aromatic N) is 3. The number of benzene rings is 2. The van der Waals surface area contributed by atoms with Gasteiger partial charge in [-0.25, -0.2) is 14.4 Å². The molecule has 23 heavy (non-hydrogen) atoms. The van der Waals surface area contributed by atoms with Gasteiger partial charge in [0, 0.05) is 23.7 Å². The first kappa shape index (κ1) is 13.6. The van der Waals surface area contributed by atoms with Crippen LogP contribution in [0.15, 0.2) is 59.7 Å². The summed E-state index contributed by atoms with van der Waals surface area (Å²) in [6.45, 7) is 0.748. The highest BCUT2D eigenvalue weighted by Gasteiger charge is 2.08. The Morgan fingerprint density at radius 2 is 1.87 bits per heavy atom. The van der Waals surface area contributed by atoms with Crippen molar-refractivity contribution in [1.29, 1.82) is 0 Å². The van der Waals surface area contributed by atoms with Gasteiger partial charge in [-0.15, -0.1) is 0 Å². The summed E-state index contributed by atoms with van der Waals surface area (Å²) >= 11 is 0. The van der Waals surface area contributed by atoms with Gasteiger partial charge in [0.1, 0.15) is 11.6 Å². The molecule has 0 unspecified atom stereocenters. The zero-order chi connectivity index (χ0) is 15.6. The molecule has 0 atom stereocenters. The summed E-state index contributed by atoms with van der Waals surface area (Å²) in [4.78, 5) is 13.0. The summed E-state index contributed by atoms with van der Waals surface area (Å²) in [5.41, 5.74) is 4.07. The summed E-state index contributed by atoms with van der Waals surface area (Å²) in [6.07, 6.45) is 3.56. The highest BCUT2D eigenvalue weighted by molar-refractivity contribution is 5.86. The first-order chi connectivity index (χ1) is 11.3. The fourth-order valence-electron chi connectivity index (χ4n) is 2.49. The normalized spacial score (nSPS) is 12.2. The van der Waals surface area contributed by atoms with Crippen LogP contribution in [0.1, 0.15) is 11.1 Å². The molecule has 1 aliphatic heterocycles. The average Bonchev–Trinajstić information content (AvgIpc) is 3.03. The Bertz CT molecular complexity index is 888. The topological polar surface area (TPSA) is 50.2 Å². The molecule has 5 heteroatoms. The third-order valence-electron chi connectivity index (χ3n) is 3.67. The average molecular weight is 304 g/mol. The van der Waals surface area contributed by atoms with Crippen molar-refractivity contribution >= 4 is 17.7 Å². The molecule has 0 radical (unpaired) electrons. The SMILES string of the molecule is Fc1ccc(-c2nccc(Nc3ccc4c(c3)C=NC4)n2)cc1. The molecular weight excluding hydrogens is 291 g/mol. The van der Waals surface area contributed by atoms with E-state index in [2.05, 4.69) is 26.3 Å². The third kappa shape index (κ3) is 2.81. The van der Waals surface area contributed by atoms with Crippen LogP contribution in [0.3, 0.4) is 0 Å². The molecule has 2 heterocycles. The second-order valence-corrected chi connectivity index (χ2v) is 5.28. The Balaban J connectivity index is 1.61. The molecule has 1 aliphatic rings.